The third-order valence-electron chi connectivity index (χ3n) is 4.37. The molecule has 1 aromatic carbocycles. The number of carbonyl (C=O) groups excluding carboxylic acids is 1. The molecule has 1 saturated carbocycles. The van der Waals surface area contributed by atoms with Crippen LogP contribution >= 0.6 is 0 Å². The van der Waals surface area contributed by atoms with Crippen molar-refractivity contribution in [1.82, 2.24) is 4.90 Å². The summed E-state index contributed by atoms with van der Waals surface area (Å²) in [5.74, 6) is 0.517. The number of amides is 1. The fourth-order valence-electron chi connectivity index (χ4n) is 2.95. The van der Waals surface area contributed by atoms with Crippen molar-refractivity contribution in [1.29, 1.82) is 0 Å². The predicted molar refractivity (Wildman–Crippen MR) is 83.1 cm³/mol. The van der Waals surface area contributed by atoms with Gasteiger partial charge in [0.15, 0.2) is 9.84 Å². The van der Waals surface area contributed by atoms with Gasteiger partial charge in [-0.25, -0.2) is 8.42 Å². The smallest absolute Gasteiger partial charge is 0.255 e. The normalized spacial score (nSPS) is 22.8. The highest BCUT2D eigenvalue weighted by molar-refractivity contribution is 7.90. The standard InChI is InChI=1S/C16H23NO3S/c1-12-8-10-13(11-9-12)17(2)16(18)14-6-4-5-7-15(14)21(3,19)20/h4-7,12-13H,8-11H2,1-3H3. The van der Waals surface area contributed by atoms with Crippen molar-refractivity contribution in [2.45, 2.75) is 43.5 Å². The lowest BCUT2D eigenvalue weighted by Gasteiger charge is -2.33. The Bertz CT molecular complexity index is 616. The van der Waals surface area contributed by atoms with Gasteiger partial charge in [-0.1, -0.05) is 19.1 Å². The van der Waals surface area contributed by atoms with E-state index in [1.807, 2.05) is 0 Å². The van der Waals surface area contributed by atoms with Gasteiger partial charge < -0.3 is 4.90 Å². The lowest BCUT2D eigenvalue weighted by Crippen LogP contribution is -2.39. The van der Waals surface area contributed by atoms with Crippen LogP contribution in [0.5, 0.6) is 0 Å². The first-order valence-electron chi connectivity index (χ1n) is 7.37. The Morgan fingerprint density at radius 1 is 1.14 bits per heavy atom. The molecule has 0 radical (unpaired) electrons. The summed E-state index contributed by atoms with van der Waals surface area (Å²) in [5.41, 5.74) is 0.279. The monoisotopic (exact) mass is 309 g/mol. The molecule has 1 aliphatic rings. The minimum atomic E-state index is -3.40. The molecule has 21 heavy (non-hydrogen) atoms. The van der Waals surface area contributed by atoms with Crippen molar-refractivity contribution in [2.75, 3.05) is 13.3 Å². The molecule has 0 heterocycles. The maximum Gasteiger partial charge on any atom is 0.255 e. The Balaban J connectivity index is 2.24. The molecule has 0 atom stereocenters. The third-order valence-corrected chi connectivity index (χ3v) is 5.53. The summed E-state index contributed by atoms with van der Waals surface area (Å²) in [6, 6.07) is 6.66. The van der Waals surface area contributed by atoms with Crippen LogP contribution in [0.25, 0.3) is 0 Å². The van der Waals surface area contributed by atoms with Crippen molar-refractivity contribution in [3.8, 4) is 0 Å². The maximum atomic E-state index is 12.7. The van der Waals surface area contributed by atoms with Gasteiger partial charge in [-0.3, -0.25) is 4.79 Å². The molecular formula is C16H23NO3S. The summed E-state index contributed by atoms with van der Waals surface area (Å²) in [4.78, 5) is 14.5. The second-order valence-corrected chi connectivity index (χ2v) is 8.08. The van der Waals surface area contributed by atoms with Crippen LogP contribution in [0.3, 0.4) is 0 Å². The summed E-state index contributed by atoms with van der Waals surface area (Å²) in [6.07, 6.45) is 5.36. The van der Waals surface area contributed by atoms with E-state index in [1.165, 1.54) is 6.07 Å². The first kappa shape index (κ1) is 16.0. The quantitative estimate of drug-likeness (QED) is 0.862. The van der Waals surface area contributed by atoms with Gasteiger partial charge in [-0.05, 0) is 43.7 Å². The molecule has 116 valence electrons. The van der Waals surface area contributed by atoms with Crippen LogP contribution in [0.2, 0.25) is 0 Å². The first-order valence-corrected chi connectivity index (χ1v) is 9.26. The highest BCUT2D eigenvalue weighted by atomic mass is 32.2. The average Bonchev–Trinajstić information content (AvgIpc) is 2.45. The van der Waals surface area contributed by atoms with Gasteiger partial charge >= 0.3 is 0 Å². The summed E-state index contributed by atoms with van der Waals surface area (Å²) in [7, 11) is -1.62. The van der Waals surface area contributed by atoms with Crippen molar-refractivity contribution in [2.24, 2.45) is 5.92 Å². The zero-order valence-electron chi connectivity index (χ0n) is 12.9. The van der Waals surface area contributed by atoms with Gasteiger partial charge in [-0.15, -0.1) is 0 Å². The van der Waals surface area contributed by atoms with Crippen molar-refractivity contribution < 1.29 is 13.2 Å². The van der Waals surface area contributed by atoms with Gasteiger partial charge in [0.1, 0.15) is 0 Å². The minimum Gasteiger partial charge on any atom is -0.339 e. The number of nitrogens with zero attached hydrogens (tertiary/aromatic N) is 1. The average molecular weight is 309 g/mol. The minimum absolute atomic E-state index is 0.117. The molecule has 0 spiro atoms. The van der Waals surface area contributed by atoms with E-state index in [1.54, 1.807) is 30.1 Å². The molecule has 0 N–H and O–H groups in total. The molecule has 1 aliphatic carbocycles. The Kier molecular flexibility index (Phi) is 4.71. The maximum absolute atomic E-state index is 12.7. The van der Waals surface area contributed by atoms with Crippen molar-refractivity contribution in [3.63, 3.8) is 0 Å². The second kappa shape index (κ2) is 6.18. The summed E-state index contributed by atoms with van der Waals surface area (Å²) in [5, 5.41) is 0. The fourth-order valence-corrected chi connectivity index (χ4v) is 3.83. The van der Waals surface area contributed by atoms with E-state index < -0.39 is 9.84 Å². The van der Waals surface area contributed by atoms with Gasteiger partial charge in [0, 0.05) is 19.3 Å². The van der Waals surface area contributed by atoms with Crippen LogP contribution < -0.4 is 0 Å². The molecule has 1 fully saturated rings. The van der Waals surface area contributed by atoms with E-state index >= 15 is 0 Å². The highest BCUT2D eigenvalue weighted by Crippen LogP contribution is 2.28. The zero-order valence-corrected chi connectivity index (χ0v) is 13.7. The van der Waals surface area contributed by atoms with E-state index in [-0.39, 0.29) is 22.4 Å². The molecule has 0 unspecified atom stereocenters. The number of sulfone groups is 1. The highest BCUT2D eigenvalue weighted by Gasteiger charge is 2.27. The van der Waals surface area contributed by atoms with Crippen LogP contribution in [0.1, 0.15) is 43.0 Å². The number of rotatable bonds is 3. The van der Waals surface area contributed by atoms with Crippen LogP contribution in [-0.4, -0.2) is 38.6 Å². The summed E-state index contributed by atoms with van der Waals surface area (Å²) < 4.78 is 23.7. The lowest BCUT2D eigenvalue weighted by atomic mass is 9.86. The Hall–Kier alpha value is -1.36. The SMILES string of the molecule is CC1CCC(N(C)C(=O)c2ccccc2S(C)(=O)=O)CC1. The Morgan fingerprint density at radius 2 is 1.71 bits per heavy atom. The summed E-state index contributed by atoms with van der Waals surface area (Å²) >= 11 is 0. The predicted octanol–water partition coefficient (Wildman–Crippen LogP) is 2.74. The second-order valence-electron chi connectivity index (χ2n) is 6.10. The van der Waals surface area contributed by atoms with Crippen molar-refractivity contribution in [3.05, 3.63) is 29.8 Å². The van der Waals surface area contributed by atoms with Crippen LogP contribution in [-0.2, 0) is 9.84 Å². The molecule has 4 nitrogen and oxygen atoms in total. The van der Waals surface area contributed by atoms with Crippen LogP contribution in [0, 0.1) is 5.92 Å². The van der Waals surface area contributed by atoms with Crippen LogP contribution in [0.4, 0.5) is 0 Å². The van der Waals surface area contributed by atoms with E-state index in [2.05, 4.69) is 6.92 Å². The first-order chi connectivity index (χ1) is 9.80. The molecule has 2 rings (SSSR count). The lowest BCUT2D eigenvalue weighted by molar-refractivity contribution is 0.0675. The van der Waals surface area contributed by atoms with E-state index in [0.717, 1.165) is 31.9 Å². The van der Waals surface area contributed by atoms with E-state index in [4.69, 9.17) is 0 Å². The number of hydrogen-bond acceptors (Lipinski definition) is 3. The Morgan fingerprint density at radius 3 is 2.29 bits per heavy atom. The fraction of sp³-hybridized carbons (Fsp3) is 0.562. The molecule has 1 amide bonds. The molecule has 0 saturated heterocycles. The van der Waals surface area contributed by atoms with Crippen LogP contribution in [0.15, 0.2) is 29.2 Å². The number of benzene rings is 1. The third kappa shape index (κ3) is 3.64. The van der Waals surface area contributed by atoms with E-state index in [9.17, 15) is 13.2 Å². The molecule has 0 aliphatic heterocycles. The van der Waals surface area contributed by atoms with E-state index in [0.29, 0.717) is 5.92 Å². The van der Waals surface area contributed by atoms with Crippen molar-refractivity contribution >= 4 is 15.7 Å². The topological polar surface area (TPSA) is 54.5 Å². The van der Waals surface area contributed by atoms with Gasteiger partial charge in [-0.2, -0.15) is 0 Å². The molecule has 0 aromatic heterocycles. The van der Waals surface area contributed by atoms with Gasteiger partial charge in [0.25, 0.3) is 5.91 Å². The largest absolute Gasteiger partial charge is 0.339 e. The molecular weight excluding hydrogens is 286 g/mol. The zero-order chi connectivity index (χ0) is 15.6. The number of hydrogen-bond donors (Lipinski definition) is 0. The Labute approximate surface area is 127 Å². The summed E-state index contributed by atoms with van der Waals surface area (Å²) in [6.45, 7) is 2.23. The number of carbonyl (C=O) groups is 1. The van der Waals surface area contributed by atoms with Gasteiger partial charge in [0.2, 0.25) is 0 Å². The molecule has 5 heteroatoms. The molecule has 1 aromatic rings. The molecule has 0 bridgehead atoms. The van der Waals surface area contributed by atoms with Gasteiger partial charge in [0.05, 0.1) is 10.5 Å².